The van der Waals surface area contributed by atoms with Gasteiger partial charge in [0.05, 0.1) is 20.6 Å². The lowest BCUT2D eigenvalue weighted by atomic mass is 10.0. The summed E-state index contributed by atoms with van der Waals surface area (Å²) >= 11 is 0. The second-order valence-electron chi connectivity index (χ2n) is 6.18. The predicted octanol–water partition coefficient (Wildman–Crippen LogP) is 4.12. The molecule has 0 bridgehead atoms. The standard InChI is InChI=1S/C23H21NO4/c1-27-20-12-11-17(21(15-20)28-2)14-22(25)24-19-10-6-9-18(13-19)23(26)16-7-4-3-5-8-16/h3-13,15H,14H2,1-2H3,(H,24,25). The average Bonchev–Trinajstić information content (AvgIpc) is 2.74. The number of ether oxygens (including phenoxy) is 2. The summed E-state index contributed by atoms with van der Waals surface area (Å²) in [5.74, 6) is 0.955. The lowest BCUT2D eigenvalue weighted by Crippen LogP contribution is -2.15. The molecule has 5 nitrogen and oxygen atoms in total. The molecule has 5 heteroatoms. The lowest BCUT2D eigenvalue weighted by molar-refractivity contribution is -0.115. The van der Waals surface area contributed by atoms with Gasteiger partial charge >= 0.3 is 0 Å². The number of rotatable bonds is 7. The Balaban J connectivity index is 1.72. The molecule has 0 aliphatic rings. The SMILES string of the molecule is COc1ccc(CC(=O)Nc2cccc(C(=O)c3ccccc3)c2)c(OC)c1. The molecule has 142 valence electrons. The lowest BCUT2D eigenvalue weighted by Gasteiger charge is -2.11. The van der Waals surface area contributed by atoms with E-state index in [9.17, 15) is 9.59 Å². The van der Waals surface area contributed by atoms with E-state index in [0.717, 1.165) is 5.56 Å². The summed E-state index contributed by atoms with van der Waals surface area (Å²) in [6, 6.07) is 21.3. The Morgan fingerprint density at radius 3 is 2.29 bits per heavy atom. The number of hydrogen-bond donors (Lipinski definition) is 1. The minimum absolute atomic E-state index is 0.0893. The normalized spacial score (nSPS) is 10.2. The van der Waals surface area contributed by atoms with Crippen molar-refractivity contribution >= 4 is 17.4 Å². The van der Waals surface area contributed by atoms with Crippen LogP contribution in [0, 0.1) is 0 Å². The van der Waals surface area contributed by atoms with Crippen molar-refractivity contribution in [2.24, 2.45) is 0 Å². The molecule has 1 N–H and O–H groups in total. The zero-order valence-corrected chi connectivity index (χ0v) is 15.8. The number of nitrogens with one attached hydrogen (secondary N) is 1. The first-order valence-corrected chi connectivity index (χ1v) is 8.81. The van der Waals surface area contributed by atoms with Gasteiger partial charge < -0.3 is 14.8 Å². The molecule has 0 saturated carbocycles. The van der Waals surface area contributed by atoms with Crippen molar-refractivity contribution in [2.75, 3.05) is 19.5 Å². The highest BCUT2D eigenvalue weighted by molar-refractivity contribution is 6.09. The summed E-state index contributed by atoms with van der Waals surface area (Å²) in [7, 11) is 3.12. The smallest absolute Gasteiger partial charge is 0.228 e. The van der Waals surface area contributed by atoms with Gasteiger partial charge in [0, 0.05) is 28.4 Å². The van der Waals surface area contributed by atoms with Crippen LogP contribution in [0.5, 0.6) is 11.5 Å². The van der Waals surface area contributed by atoms with Crippen LogP contribution in [0.3, 0.4) is 0 Å². The number of carbonyl (C=O) groups is 2. The van der Waals surface area contributed by atoms with E-state index in [2.05, 4.69) is 5.32 Å². The van der Waals surface area contributed by atoms with Crippen molar-refractivity contribution in [3.63, 3.8) is 0 Å². The number of amides is 1. The Hall–Kier alpha value is -3.60. The van der Waals surface area contributed by atoms with Crippen molar-refractivity contribution in [2.45, 2.75) is 6.42 Å². The highest BCUT2D eigenvalue weighted by Gasteiger charge is 2.12. The van der Waals surface area contributed by atoms with E-state index in [-0.39, 0.29) is 18.1 Å². The number of carbonyl (C=O) groups excluding carboxylic acids is 2. The van der Waals surface area contributed by atoms with Crippen LogP contribution in [-0.2, 0) is 11.2 Å². The molecule has 0 aliphatic carbocycles. The molecule has 3 rings (SSSR count). The highest BCUT2D eigenvalue weighted by atomic mass is 16.5. The molecular formula is C23H21NO4. The van der Waals surface area contributed by atoms with Crippen LogP contribution in [0.25, 0.3) is 0 Å². The Morgan fingerprint density at radius 2 is 1.57 bits per heavy atom. The van der Waals surface area contributed by atoms with Gasteiger partial charge in [0.1, 0.15) is 11.5 Å². The largest absolute Gasteiger partial charge is 0.497 e. The van der Waals surface area contributed by atoms with Crippen molar-refractivity contribution in [3.8, 4) is 11.5 Å². The second kappa shape index (κ2) is 8.86. The van der Waals surface area contributed by atoms with Crippen LogP contribution >= 0.6 is 0 Å². The molecule has 0 atom stereocenters. The zero-order chi connectivity index (χ0) is 19.9. The predicted molar refractivity (Wildman–Crippen MR) is 108 cm³/mol. The molecule has 0 unspecified atom stereocenters. The topological polar surface area (TPSA) is 64.6 Å². The molecule has 3 aromatic carbocycles. The van der Waals surface area contributed by atoms with Gasteiger partial charge in [0.2, 0.25) is 5.91 Å². The van der Waals surface area contributed by atoms with Crippen LogP contribution in [0.2, 0.25) is 0 Å². The molecule has 0 fully saturated rings. The van der Waals surface area contributed by atoms with Crippen LogP contribution in [-0.4, -0.2) is 25.9 Å². The van der Waals surface area contributed by atoms with E-state index < -0.39 is 0 Å². The molecule has 0 heterocycles. The molecule has 0 aromatic heterocycles. The quantitative estimate of drug-likeness (QED) is 0.631. The van der Waals surface area contributed by atoms with Gasteiger partial charge in [0.25, 0.3) is 0 Å². The minimum Gasteiger partial charge on any atom is -0.497 e. The van der Waals surface area contributed by atoms with Gasteiger partial charge in [-0.2, -0.15) is 0 Å². The maximum atomic E-state index is 12.6. The minimum atomic E-state index is -0.201. The fourth-order valence-corrected chi connectivity index (χ4v) is 2.87. The monoisotopic (exact) mass is 375 g/mol. The molecule has 28 heavy (non-hydrogen) atoms. The van der Waals surface area contributed by atoms with E-state index in [1.54, 1.807) is 68.8 Å². The van der Waals surface area contributed by atoms with Crippen LogP contribution in [0.4, 0.5) is 5.69 Å². The van der Waals surface area contributed by atoms with Crippen molar-refractivity contribution in [1.82, 2.24) is 0 Å². The maximum absolute atomic E-state index is 12.6. The van der Waals surface area contributed by atoms with Crippen molar-refractivity contribution < 1.29 is 19.1 Å². The first-order chi connectivity index (χ1) is 13.6. The van der Waals surface area contributed by atoms with Crippen LogP contribution < -0.4 is 14.8 Å². The Kier molecular flexibility index (Phi) is 6.07. The number of methoxy groups -OCH3 is 2. The van der Waals surface area contributed by atoms with Gasteiger partial charge in [-0.1, -0.05) is 48.5 Å². The molecule has 1 amide bonds. The zero-order valence-electron chi connectivity index (χ0n) is 15.8. The molecule has 0 saturated heterocycles. The second-order valence-corrected chi connectivity index (χ2v) is 6.18. The van der Waals surface area contributed by atoms with Gasteiger partial charge in [-0.05, 0) is 18.2 Å². The molecule has 0 spiro atoms. The van der Waals surface area contributed by atoms with E-state index in [0.29, 0.717) is 28.3 Å². The fourth-order valence-electron chi connectivity index (χ4n) is 2.87. The first-order valence-electron chi connectivity index (χ1n) is 8.81. The van der Waals surface area contributed by atoms with Crippen molar-refractivity contribution in [1.29, 1.82) is 0 Å². The number of benzene rings is 3. The summed E-state index contributed by atoms with van der Waals surface area (Å²) in [5, 5.41) is 2.84. The van der Waals surface area contributed by atoms with Crippen LogP contribution in [0.1, 0.15) is 21.5 Å². The van der Waals surface area contributed by atoms with E-state index >= 15 is 0 Å². The van der Waals surface area contributed by atoms with E-state index in [4.69, 9.17) is 9.47 Å². The highest BCUT2D eigenvalue weighted by Crippen LogP contribution is 2.25. The molecule has 0 radical (unpaired) electrons. The third-order valence-electron chi connectivity index (χ3n) is 4.29. The van der Waals surface area contributed by atoms with Gasteiger partial charge in [-0.25, -0.2) is 0 Å². The number of ketones is 1. The van der Waals surface area contributed by atoms with Crippen LogP contribution in [0.15, 0.2) is 72.8 Å². The number of anilines is 1. The van der Waals surface area contributed by atoms with E-state index in [1.807, 2.05) is 18.2 Å². The van der Waals surface area contributed by atoms with Gasteiger partial charge in [-0.3, -0.25) is 9.59 Å². The Labute approximate surface area is 163 Å². The molecule has 0 aliphatic heterocycles. The fraction of sp³-hybridized carbons (Fsp3) is 0.130. The van der Waals surface area contributed by atoms with Gasteiger partial charge in [0.15, 0.2) is 5.78 Å². The third-order valence-corrected chi connectivity index (χ3v) is 4.29. The summed E-state index contributed by atoms with van der Waals surface area (Å²) in [5.41, 5.74) is 2.44. The Morgan fingerprint density at radius 1 is 0.821 bits per heavy atom. The average molecular weight is 375 g/mol. The first kappa shape index (κ1) is 19.2. The number of hydrogen-bond acceptors (Lipinski definition) is 4. The molecule has 3 aromatic rings. The van der Waals surface area contributed by atoms with E-state index in [1.165, 1.54) is 0 Å². The maximum Gasteiger partial charge on any atom is 0.228 e. The van der Waals surface area contributed by atoms with Gasteiger partial charge in [-0.15, -0.1) is 0 Å². The summed E-state index contributed by atoms with van der Waals surface area (Å²) in [4.78, 5) is 25.1. The summed E-state index contributed by atoms with van der Waals surface area (Å²) < 4.78 is 10.5. The molecular weight excluding hydrogens is 354 g/mol. The van der Waals surface area contributed by atoms with Crippen molar-refractivity contribution in [3.05, 3.63) is 89.5 Å². The third kappa shape index (κ3) is 4.57. The summed E-state index contributed by atoms with van der Waals surface area (Å²) in [6.07, 6.45) is 0.143. The Bertz CT molecular complexity index is 983. The summed E-state index contributed by atoms with van der Waals surface area (Å²) in [6.45, 7) is 0.